The predicted molar refractivity (Wildman–Crippen MR) is 80.2 cm³/mol. The van der Waals surface area contributed by atoms with E-state index in [-0.39, 0.29) is 12.5 Å². The molecule has 3 nitrogen and oxygen atoms in total. The Morgan fingerprint density at radius 1 is 1.44 bits per heavy atom. The molecule has 1 unspecified atom stereocenters. The van der Waals surface area contributed by atoms with Crippen LogP contribution in [0.1, 0.15) is 20.3 Å². The fourth-order valence-electron chi connectivity index (χ4n) is 1.32. The topological polar surface area (TPSA) is 55.1 Å². The number of carbonyl (C=O) groups excluding carboxylic acids is 1. The van der Waals surface area contributed by atoms with Gasteiger partial charge in [0.2, 0.25) is 5.91 Å². The van der Waals surface area contributed by atoms with E-state index in [0.29, 0.717) is 22.2 Å². The van der Waals surface area contributed by atoms with E-state index >= 15 is 0 Å². The smallest absolute Gasteiger partial charge is 0.231 e. The number of carbonyl (C=O) groups is 1. The van der Waals surface area contributed by atoms with E-state index in [1.165, 1.54) is 0 Å². The van der Waals surface area contributed by atoms with Gasteiger partial charge in [0.25, 0.3) is 0 Å². The Bertz CT molecular complexity index is 438. The molecule has 0 heterocycles. The van der Waals surface area contributed by atoms with Gasteiger partial charge in [-0.1, -0.05) is 46.1 Å². The standard InChI is InChI=1S/C12H15BrCl2N2O/c1-3-12(2,6-16)11(18)17-10-8(14)4-7(13)5-9(10)15/h4-5H,3,6,16H2,1-2H3,(H,17,18). The summed E-state index contributed by atoms with van der Waals surface area (Å²) in [6, 6.07) is 3.35. The van der Waals surface area contributed by atoms with E-state index in [4.69, 9.17) is 28.9 Å². The molecule has 0 saturated heterocycles. The van der Waals surface area contributed by atoms with Crippen LogP contribution in [0.4, 0.5) is 5.69 Å². The number of halogens is 3. The third kappa shape index (κ3) is 3.38. The number of amides is 1. The van der Waals surface area contributed by atoms with Crippen LogP contribution in [-0.4, -0.2) is 12.5 Å². The zero-order valence-electron chi connectivity index (χ0n) is 10.2. The van der Waals surface area contributed by atoms with Crippen molar-refractivity contribution in [2.45, 2.75) is 20.3 Å². The fraction of sp³-hybridized carbons (Fsp3) is 0.417. The summed E-state index contributed by atoms with van der Waals surface area (Å²) >= 11 is 15.4. The Morgan fingerprint density at radius 3 is 2.33 bits per heavy atom. The minimum atomic E-state index is -0.625. The number of nitrogens with one attached hydrogen (secondary N) is 1. The van der Waals surface area contributed by atoms with Gasteiger partial charge in [-0.05, 0) is 25.5 Å². The first-order chi connectivity index (χ1) is 8.34. The first kappa shape index (κ1) is 15.8. The summed E-state index contributed by atoms with van der Waals surface area (Å²) in [5.74, 6) is -0.182. The van der Waals surface area contributed by atoms with Crippen molar-refractivity contribution in [3.8, 4) is 0 Å². The summed E-state index contributed by atoms with van der Waals surface area (Å²) < 4.78 is 0.757. The second-order valence-corrected chi connectivity index (χ2v) is 6.05. The van der Waals surface area contributed by atoms with E-state index in [9.17, 15) is 4.79 Å². The van der Waals surface area contributed by atoms with Crippen LogP contribution in [0, 0.1) is 5.41 Å². The molecule has 0 fully saturated rings. The van der Waals surface area contributed by atoms with Gasteiger partial charge < -0.3 is 11.1 Å². The van der Waals surface area contributed by atoms with Crippen LogP contribution in [0.3, 0.4) is 0 Å². The molecule has 1 aromatic carbocycles. The lowest BCUT2D eigenvalue weighted by Crippen LogP contribution is -2.39. The Kier molecular flexibility index (Phi) is 5.46. The van der Waals surface area contributed by atoms with Gasteiger partial charge in [0.1, 0.15) is 0 Å². The van der Waals surface area contributed by atoms with Gasteiger partial charge >= 0.3 is 0 Å². The van der Waals surface area contributed by atoms with Crippen molar-refractivity contribution in [1.82, 2.24) is 0 Å². The van der Waals surface area contributed by atoms with Crippen molar-refractivity contribution in [2.24, 2.45) is 11.1 Å². The van der Waals surface area contributed by atoms with Crippen LogP contribution < -0.4 is 11.1 Å². The lowest BCUT2D eigenvalue weighted by atomic mass is 9.86. The average Bonchev–Trinajstić information content (AvgIpc) is 2.32. The lowest BCUT2D eigenvalue weighted by Gasteiger charge is -2.25. The van der Waals surface area contributed by atoms with Crippen LogP contribution >= 0.6 is 39.1 Å². The predicted octanol–water partition coefficient (Wildman–Crippen LogP) is 4.07. The van der Waals surface area contributed by atoms with Gasteiger partial charge in [0, 0.05) is 11.0 Å². The first-order valence-corrected chi connectivity index (χ1v) is 7.05. The highest BCUT2D eigenvalue weighted by atomic mass is 79.9. The Morgan fingerprint density at radius 2 is 1.94 bits per heavy atom. The number of hydrogen-bond donors (Lipinski definition) is 2. The van der Waals surface area contributed by atoms with Gasteiger partial charge in [-0.3, -0.25) is 4.79 Å². The van der Waals surface area contributed by atoms with Gasteiger partial charge in [-0.15, -0.1) is 0 Å². The number of hydrogen-bond acceptors (Lipinski definition) is 2. The van der Waals surface area contributed by atoms with E-state index in [1.807, 2.05) is 13.8 Å². The Balaban J connectivity index is 3.02. The SMILES string of the molecule is CCC(C)(CN)C(=O)Nc1c(Cl)cc(Br)cc1Cl. The zero-order chi connectivity index (χ0) is 13.9. The molecule has 0 saturated carbocycles. The summed E-state index contributed by atoms with van der Waals surface area (Å²) in [5, 5.41) is 3.52. The highest BCUT2D eigenvalue weighted by Gasteiger charge is 2.30. The molecule has 0 aliphatic heterocycles. The molecule has 1 amide bonds. The van der Waals surface area contributed by atoms with Crippen molar-refractivity contribution in [3.05, 3.63) is 26.7 Å². The van der Waals surface area contributed by atoms with Crippen LogP contribution in [-0.2, 0) is 4.79 Å². The summed E-state index contributed by atoms with van der Waals surface area (Å²) in [6.45, 7) is 3.99. The molecule has 3 N–H and O–H groups in total. The summed E-state index contributed by atoms with van der Waals surface area (Å²) in [5.41, 5.74) is 5.43. The van der Waals surface area contributed by atoms with Crippen molar-refractivity contribution in [2.75, 3.05) is 11.9 Å². The normalized spacial score (nSPS) is 14.1. The lowest BCUT2D eigenvalue weighted by molar-refractivity contribution is -0.124. The molecule has 0 radical (unpaired) electrons. The largest absolute Gasteiger partial charge is 0.329 e. The molecule has 0 spiro atoms. The first-order valence-electron chi connectivity index (χ1n) is 5.50. The average molecular weight is 354 g/mol. The zero-order valence-corrected chi connectivity index (χ0v) is 13.3. The molecule has 0 bridgehead atoms. The minimum absolute atomic E-state index is 0.182. The highest BCUT2D eigenvalue weighted by molar-refractivity contribution is 9.10. The Labute approximate surface area is 125 Å². The number of benzene rings is 1. The van der Waals surface area contributed by atoms with Crippen LogP contribution in [0.15, 0.2) is 16.6 Å². The Hall–Kier alpha value is -0.290. The molecule has 1 rings (SSSR count). The third-order valence-electron chi connectivity index (χ3n) is 3.02. The van der Waals surface area contributed by atoms with Gasteiger partial charge in [0.05, 0.1) is 21.1 Å². The van der Waals surface area contributed by atoms with Crippen LogP contribution in [0.5, 0.6) is 0 Å². The second-order valence-electron chi connectivity index (χ2n) is 4.32. The van der Waals surface area contributed by atoms with Crippen molar-refractivity contribution >= 4 is 50.7 Å². The van der Waals surface area contributed by atoms with E-state index in [2.05, 4.69) is 21.2 Å². The maximum absolute atomic E-state index is 12.2. The van der Waals surface area contributed by atoms with Crippen molar-refractivity contribution in [1.29, 1.82) is 0 Å². The summed E-state index contributed by atoms with van der Waals surface area (Å²) in [7, 11) is 0. The highest BCUT2D eigenvalue weighted by Crippen LogP contribution is 2.35. The molecule has 1 atom stereocenters. The molecule has 6 heteroatoms. The maximum atomic E-state index is 12.2. The second kappa shape index (κ2) is 6.24. The number of nitrogens with two attached hydrogens (primary N) is 1. The summed E-state index contributed by atoms with van der Waals surface area (Å²) in [4.78, 5) is 12.2. The molecule has 0 aliphatic carbocycles. The molecule has 18 heavy (non-hydrogen) atoms. The van der Waals surface area contributed by atoms with Crippen molar-refractivity contribution < 1.29 is 4.79 Å². The fourth-order valence-corrected chi connectivity index (χ4v) is 2.63. The quantitative estimate of drug-likeness (QED) is 0.857. The van der Waals surface area contributed by atoms with Gasteiger partial charge in [-0.2, -0.15) is 0 Å². The summed E-state index contributed by atoms with van der Waals surface area (Å²) in [6.07, 6.45) is 0.640. The number of rotatable bonds is 4. The van der Waals surface area contributed by atoms with E-state index in [0.717, 1.165) is 4.47 Å². The van der Waals surface area contributed by atoms with Gasteiger partial charge in [0.15, 0.2) is 0 Å². The van der Waals surface area contributed by atoms with Crippen molar-refractivity contribution in [3.63, 3.8) is 0 Å². The molecular formula is C12H15BrCl2N2O. The van der Waals surface area contributed by atoms with Gasteiger partial charge in [-0.25, -0.2) is 0 Å². The molecule has 0 aromatic heterocycles. The molecule has 1 aromatic rings. The van der Waals surface area contributed by atoms with Crippen LogP contribution in [0.25, 0.3) is 0 Å². The third-order valence-corrected chi connectivity index (χ3v) is 4.08. The maximum Gasteiger partial charge on any atom is 0.231 e. The molecule has 0 aliphatic rings. The minimum Gasteiger partial charge on any atom is -0.329 e. The number of anilines is 1. The molecular weight excluding hydrogens is 339 g/mol. The molecule has 100 valence electrons. The van der Waals surface area contributed by atoms with E-state index in [1.54, 1.807) is 12.1 Å². The van der Waals surface area contributed by atoms with Crippen LogP contribution in [0.2, 0.25) is 10.0 Å². The monoisotopic (exact) mass is 352 g/mol. The van der Waals surface area contributed by atoms with E-state index < -0.39 is 5.41 Å².